The van der Waals surface area contributed by atoms with Gasteiger partial charge in [-0.25, -0.2) is 73.2 Å². The van der Waals surface area contributed by atoms with Crippen molar-refractivity contribution in [3.05, 3.63) is 185 Å². The van der Waals surface area contributed by atoms with Crippen molar-refractivity contribution in [3.8, 4) is 44.9 Å². The van der Waals surface area contributed by atoms with E-state index in [1.807, 2.05) is 73.3 Å². The van der Waals surface area contributed by atoms with Crippen LogP contribution in [0, 0.1) is 0 Å². The lowest BCUT2D eigenvalue weighted by Gasteiger charge is -2.33. The van der Waals surface area contributed by atoms with Crippen molar-refractivity contribution < 1.29 is 85.8 Å². The minimum Gasteiger partial charge on any atom is -0.495 e. The number of hydrogen-bond acceptors (Lipinski definition) is 27. The van der Waals surface area contributed by atoms with Crippen molar-refractivity contribution in [2.24, 2.45) is 0 Å². The first-order chi connectivity index (χ1) is 54.2. The van der Waals surface area contributed by atoms with Crippen molar-refractivity contribution in [1.82, 2.24) is 40.1 Å². The van der Waals surface area contributed by atoms with E-state index in [-0.39, 0.29) is 43.8 Å². The molecule has 116 heavy (non-hydrogen) atoms. The van der Waals surface area contributed by atoms with Crippen molar-refractivity contribution in [1.29, 1.82) is 0 Å². The maximum absolute atomic E-state index is 12.4. The highest BCUT2D eigenvalue weighted by atomic mass is 35.5. The van der Waals surface area contributed by atoms with Crippen LogP contribution in [0.25, 0.3) is 64.0 Å². The number of amides is 1. The van der Waals surface area contributed by atoms with E-state index >= 15 is 0 Å². The number of fused-ring (bicyclic) bond motifs is 3. The van der Waals surface area contributed by atoms with Gasteiger partial charge in [0.25, 0.3) is 0 Å². The van der Waals surface area contributed by atoms with Crippen LogP contribution in [0.3, 0.4) is 0 Å². The molecule has 6 aromatic heterocycles. The fraction of sp³-hybridized carbons (Fsp3) is 0.282. The average Bonchev–Trinajstić information content (AvgIpc) is 1.61. The molecule has 6 aromatic carbocycles. The van der Waals surface area contributed by atoms with E-state index in [2.05, 4.69) is 54.1 Å². The van der Waals surface area contributed by atoms with Gasteiger partial charge in [0.1, 0.15) is 17.1 Å². The standard InChI is InChI=1S/C30H34N4O5S2.C25H26N4O3S2.C13H9ClN2O2S2.C7H9BO4S.C2HF3O2.CH4/c1-30(2,3)39-29(35)34-14-12-19(13-15-34)20-10-11-23(24(16-20)38-4)32-28-31-17-25-27(33-28)22(18-40-25)21-8-6-7-9-26(21)41(5,36)37;1-32-21-13-17(16-9-11-26-12-10-16)7-8-20(21)28-25-27-14-22-24(29-25)19(15-33-22)18-5-3-4-6-23(18)34(2,30)31;1-20(17,18)11-5-3-2-4-8(11)9-7-19-10-6-15-13(14)16-12(9)10;1-13(11,12)7-5-3-2-4-6(7)8(9)10;3-2(4,5)1(6)7;/h6-11,16-19H,12-15H2,1-5H3,(H,31,32,33);3-8,13-16,26H,9-12H2,1-2H3,(H,27,28,29);2-7H,1H3;2-5,9-10H,1H3;(H,6,7);1H4. The molecule has 38 heteroatoms. The molecule has 0 unspecified atom stereocenters. The first-order valence-corrected chi connectivity index (χ1v) is 45.6. The van der Waals surface area contributed by atoms with Crippen molar-refractivity contribution in [3.63, 3.8) is 0 Å². The minimum absolute atomic E-state index is 0. The van der Waals surface area contributed by atoms with Gasteiger partial charge in [-0.1, -0.05) is 92.4 Å². The van der Waals surface area contributed by atoms with Crippen molar-refractivity contribution in [2.75, 3.05) is 76.1 Å². The molecule has 0 spiro atoms. The summed E-state index contributed by atoms with van der Waals surface area (Å²) in [5.74, 6) is 0.282. The first-order valence-electron chi connectivity index (χ1n) is 35.0. The number of carbonyl (C=O) groups excluding carboxylic acids is 1. The number of halogens is 4. The highest BCUT2D eigenvalue weighted by Gasteiger charge is 2.38. The molecule has 0 radical (unpaired) electrons. The van der Waals surface area contributed by atoms with E-state index in [0.717, 1.165) is 98.5 Å². The average molecular weight is 1740 g/mol. The molecular weight excluding hydrogens is 1660 g/mol. The number of carbonyl (C=O) groups is 2. The SMILES string of the molecule is C.COc1cc(C2CCN(C(=O)OC(C)(C)C)CC2)ccc1Nc1ncc2scc(-c3ccccc3S(C)(=O)=O)c2n1.COc1cc(C2CCNCC2)ccc1Nc1ncc2scc(-c3ccccc3S(C)(=O)=O)c2n1.CS(=O)(=O)c1ccccc1-c1csc2cnc(Cl)nc12.CS(=O)(=O)c1ccccc1B(O)O.O=C(O)C(F)(F)F. The zero-order chi connectivity index (χ0) is 83.5. The predicted octanol–water partition coefficient (Wildman–Crippen LogP) is 15.1. The van der Waals surface area contributed by atoms with Crippen LogP contribution in [0.5, 0.6) is 11.5 Å². The second-order valence-corrected chi connectivity index (χ2v) is 38.3. The van der Waals surface area contributed by atoms with Crippen LogP contribution in [-0.4, -0.2) is 180 Å². The molecule has 0 atom stereocenters. The summed E-state index contributed by atoms with van der Waals surface area (Å²) in [5.41, 5.74) is 9.66. The number of hydrogen-bond donors (Lipinski definition) is 6. The number of thiophene rings is 3. The van der Waals surface area contributed by atoms with Gasteiger partial charge in [-0.05, 0) is 143 Å². The Bertz CT molecular complexity index is 6020. The number of aliphatic carboxylic acids is 1. The van der Waals surface area contributed by atoms with Crippen LogP contribution >= 0.6 is 45.6 Å². The van der Waals surface area contributed by atoms with E-state index < -0.39 is 64.2 Å². The van der Waals surface area contributed by atoms with Gasteiger partial charge in [-0.15, -0.1) is 34.0 Å². The number of likely N-dealkylation sites (tertiary alicyclic amines) is 1. The molecule has 2 aliphatic rings. The van der Waals surface area contributed by atoms with E-state index in [4.69, 9.17) is 55.7 Å². The second kappa shape index (κ2) is 38.1. The summed E-state index contributed by atoms with van der Waals surface area (Å²) in [6, 6.07) is 38.9. The van der Waals surface area contributed by atoms with Crippen LogP contribution in [0.15, 0.2) is 188 Å². The Morgan fingerprint density at radius 3 is 1.24 bits per heavy atom. The number of rotatable bonds is 16. The normalized spacial score (nSPS) is 13.6. The Morgan fingerprint density at radius 1 is 0.534 bits per heavy atom. The van der Waals surface area contributed by atoms with E-state index in [9.17, 15) is 51.6 Å². The molecule has 26 nitrogen and oxygen atoms in total. The van der Waals surface area contributed by atoms with Gasteiger partial charge in [0.05, 0.1) is 88.2 Å². The molecule has 614 valence electrons. The summed E-state index contributed by atoms with van der Waals surface area (Å²) in [4.78, 5) is 50.5. The molecular formula is C78H83BClF3N10O16S7. The second-order valence-electron chi connectivity index (χ2n) is 27.3. The van der Waals surface area contributed by atoms with Crippen LogP contribution < -0.4 is 30.9 Å². The fourth-order valence-electron chi connectivity index (χ4n) is 12.5. The number of aromatic nitrogens is 6. The van der Waals surface area contributed by atoms with Crippen molar-refractivity contribution in [2.45, 2.75) is 97.1 Å². The van der Waals surface area contributed by atoms with E-state index in [1.165, 1.54) is 76.5 Å². The lowest BCUT2D eigenvalue weighted by Crippen LogP contribution is -2.41. The zero-order valence-electron chi connectivity index (χ0n) is 63.2. The Morgan fingerprint density at radius 2 is 0.888 bits per heavy atom. The number of anilines is 4. The summed E-state index contributed by atoms with van der Waals surface area (Å²) in [6.07, 6.45) is 8.35. The quantitative estimate of drug-likeness (QED) is 0.0386. The Balaban J connectivity index is 0.000000183. The number of nitrogens with one attached hydrogen (secondary N) is 3. The number of alkyl halides is 3. The fourth-order valence-corrected chi connectivity index (χ4v) is 18.8. The summed E-state index contributed by atoms with van der Waals surface area (Å²) < 4.78 is 147. The largest absolute Gasteiger partial charge is 0.495 e. The maximum atomic E-state index is 12.4. The lowest BCUT2D eigenvalue weighted by molar-refractivity contribution is -0.192. The highest BCUT2D eigenvalue weighted by Crippen LogP contribution is 2.42. The van der Waals surface area contributed by atoms with E-state index in [0.29, 0.717) is 75.8 Å². The molecule has 0 bridgehead atoms. The smallest absolute Gasteiger partial charge is 0.490 e. The van der Waals surface area contributed by atoms with Crippen LogP contribution in [0.2, 0.25) is 5.28 Å². The molecule has 8 heterocycles. The predicted molar refractivity (Wildman–Crippen MR) is 450 cm³/mol. The number of nitrogens with zero attached hydrogens (tertiary/aromatic N) is 7. The molecule has 0 aliphatic carbocycles. The Labute approximate surface area is 687 Å². The topological polar surface area (TPSA) is 376 Å². The summed E-state index contributed by atoms with van der Waals surface area (Å²) in [5, 5.41) is 40.7. The van der Waals surface area contributed by atoms with Crippen LogP contribution in [0.1, 0.15) is 76.8 Å². The van der Waals surface area contributed by atoms with Gasteiger partial charge < -0.3 is 50.2 Å². The molecule has 2 aliphatic heterocycles. The third-order valence-corrected chi connectivity index (χ3v) is 25.4. The van der Waals surface area contributed by atoms with Crippen molar-refractivity contribution >= 4 is 164 Å². The van der Waals surface area contributed by atoms with Gasteiger partial charge in [0.15, 0.2) is 39.3 Å². The number of sulfone groups is 4. The van der Waals surface area contributed by atoms with Gasteiger partial charge in [0, 0.05) is 99.3 Å². The lowest BCUT2D eigenvalue weighted by atomic mass is 9.80. The number of piperidine rings is 2. The van der Waals surface area contributed by atoms with Crippen LogP contribution in [0.4, 0.5) is 41.2 Å². The zero-order valence-corrected chi connectivity index (χ0v) is 69.7. The molecule has 1 amide bonds. The molecule has 14 rings (SSSR count). The summed E-state index contributed by atoms with van der Waals surface area (Å²) >= 11 is 10.2. The van der Waals surface area contributed by atoms with Gasteiger partial charge in [-0.3, -0.25) is 0 Å². The molecule has 12 aromatic rings. The third kappa shape index (κ3) is 23.1. The number of benzene rings is 6. The van der Waals surface area contributed by atoms with Gasteiger partial charge in [-0.2, -0.15) is 13.2 Å². The monoisotopic (exact) mass is 1740 g/mol. The first kappa shape index (κ1) is 90.1. The molecule has 2 saturated heterocycles. The highest BCUT2D eigenvalue weighted by molar-refractivity contribution is 7.91. The van der Waals surface area contributed by atoms with Gasteiger partial charge >= 0.3 is 25.4 Å². The minimum atomic E-state index is -5.08. The number of ether oxygens (including phenoxy) is 3. The number of methoxy groups -OCH3 is 2. The Hall–Kier alpha value is -9.80. The molecule has 6 N–H and O–H groups in total. The number of carboxylic acid groups (broad SMARTS) is 1. The molecule has 0 saturated carbocycles. The third-order valence-electron chi connectivity index (χ3n) is 17.9. The summed E-state index contributed by atoms with van der Waals surface area (Å²) in [6.45, 7) is 8.97. The van der Waals surface area contributed by atoms with Crippen LogP contribution in [-0.2, 0) is 48.9 Å². The summed E-state index contributed by atoms with van der Waals surface area (Å²) in [7, 11) is -12.0. The number of carboxylic acids is 1. The van der Waals surface area contributed by atoms with Gasteiger partial charge in [0.2, 0.25) is 17.2 Å². The maximum Gasteiger partial charge on any atom is 0.490 e. The molecule has 2 fully saturated rings. The Kier molecular flexibility index (Phi) is 29.6. The van der Waals surface area contributed by atoms with E-state index in [1.54, 1.807) is 98.4 Å².